The van der Waals surface area contributed by atoms with Gasteiger partial charge in [0.1, 0.15) is 5.75 Å². The molecule has 0 bridgehead atoms. The van der Waals surface area contributed by atoms with E-state index < -0.39 is 10.0 Å². The average Bonchev–Trinajstić information content (AvgIpc) is 2.58. The van der Waals surface area contributed by atoms with Gasteiger partial charge in [0.15, 0.2) is 0 Å². The SMILES string of the molecule is CC(C)(C)c1ccc(S(=O)(=O)NCCNC(=O)c2cccc(O)c2)cc1. The van der Waals surface area contributed by atoms with Crippen molar-refractivity contribution in [2.75, 3.05) is 13.1 Å². The van der Waals surface area contributed by atoms with Gasteiger partial charge in [0.05, 0.1) is 4.90 Å². The third-order valence-electron chi connectivity index (χ3n) is 3.84. The minimum Gasteiger partial charge on any atom is -0.508 e. The molecule has 0 aromatic heterocycles. The quantitative estimate of drug-likeness (QED) is 0.675. The first-order valence-electron chi connectivity index (χ1n) is 8.27. The first kappa shape index (κ1) is 19.9. The third-order valence-corrected chi connectivity index (χ3v) is 5.32. The van der Waals surface area contributed by atoms with Crippen LogP contribution in [0, 0.1) is 0 Å². The zero-order valence-electron chi connectivity index (χ0n) is 15.1. The molecule has 140 valence electrons. The molecular weight excluding hydrogens is 352 g/mol. The number of hydrogen-bond acceptors (Lipinski definition) is 4. The van der Waals surface area contributed by atoms with Crippen LogP contribution in [-0.2, 0) is 15.4 Å². The van der Waals surface area contributed by atoms with Crippen LogP contribution >= 0.6 is 0 Å². The number of aromatic hydroxyl groups is 1. The number of rotatable bonds is 6. The van der Waals surface area contributed by atoms with Gasteiger partial charge in [0.25, 0.3) is 5.91 Å². The van der Waals surface area contributed by atoms with E-state index in [0.717, 1.165) is 5.56 Å². The molecule has 0 aliphatic carbocycles. The van der Waals surface area contributed by atoms with Crippen molar-refractivity contribution in [3.63, 3.8) is 0 Å². The lowest BCUT2D eigenvalue weighted by molar-refractivity contribution is 0.0954. The number of amides is 1. The second kappa shape index (κ2) is 7.88. The smallest absolute Gasteiger partial charge is 0.251 e. The molecule has 6 nitrogen and oxygen atoms in total. The van der Waals surface area contributed by atoms with E-state index >= 15 is 0 Å². The summed E-state index contributed by atoms with van der Waals surface area (Å²) in [6.45, 7) is 6.37. The molecule has 3 N–H and O–H groups in total. The number of sulfonamides is 1. The molecule has 0 unspecified atom stereocenters. The molecule has 0 atom stereocenters. The fourth-order valence-electron chi connectivity index (χ4n) is 2.33. The standard InChI is InChI=1S/C19H24N2O4S/c1-19(2,3)15-7-9-17(10-8-15)26(24,25)21-12-11-20-18(23)14-5-4-6-16(22)13-14/h4-10,13,21-22H,11-12H2,1-3H3,(H,20,23). The summed E-state index contributed by atoms with van der Waals surface area (Å²) in [4.78, 5) is 12.1. The summed E-state index contributed by atoms with van der Waals surface area (Å²) < 4.78 is 27.1. The van der Waals surface area contributed by atoms with E-state index in [1.54, 1.807) is 36.4 Å². The second-order valence-electron chi connectivity index (χ2n) is 6.98. The van der Waals surface area contributed by atoms with Gasteiger partial charge in [-0.1, -0.05) is 39.0 Å². The van der Waals surface area contributed by atoms with Crippen molar-refractivity contribution in [3.05, 3.63) is 59.7 Å². The van der Waals surface area contributed by atoms with Crippen LogP contribution in [0.3, 0.4) is 0 Å². The third kappa shape index (κ3) is 5.31. The Bertz CT molecular complexity index is 869. The Kier molecular flexibility index (Phi) is 6.05. The van der Waals surface area contributed by atoms with Crippen molar-refractivity contribution in [3.8, 4) is 5.75 Å². The largest absolute Gasteiger partial charge is 0.508 e. The van der Waals surface area contributed by atoms with E-state index in [0.29, 0.717) is 5.56 Å². The highest BCUT2D eigenvalue weighted by Crippen LogP contribution is 2.23. The minimum atomic E-state index is -3.63. The number of carbonyl (C=O) groups excluding carboxylic acids is 1. The van der Waals surface area contributed by atoms with E-state index in [1.165, 1.54) is 12.1 Å². The topological polar surface area (TPSA) is 95.5 Å². The Morgan fingerprint density at radius 3 is 2.27 bits per heavy atom. The maximum absolute atomic E-state index is 12.3. The van der Waals surface area contributed by atoms with E-state index in [1.807, 2.05) is 0 Å². The van der Waals surface area contributed by atoms with Gasteiger partial charge in [-0.15, -0.1) is 0 Å². The summed E-state index contributed by atoms with van der Waals surface area (Å²) in [5, 5.41) is 12.0. The highest BCUT2D eigenvalue weighted by molar-refractivity contribution is 7.89. The molecule has 0 saturated carbocycles. The summed E-state index contributed by atoms with van der Waals surface area (Å²) in [5.41, 5.74) is 1.31. The van der Waals surface area contributed by atoms with Crippen molar-refractivity contribution in [2.24, 2.45) is 0 Å². The lowest BCUT2D eigenvalue weighted by atomic mass is 9.87. The molecule has 0 radical (unpaired) electrons. The summed E-state index contributed by atoms with van der Waals surface area (Å²) in [5.74, 6) is -0.383. The highest BCUT2D eigenvalue weighted by atomic mass is 32.2. The van der Waals surface area contributed by atoms with Crippen molar-refractivity contribution >= 4 is 15.9 Å². The summed E-state index contributed by atoms with van der Waals surface area (Å²) in [6, 6.07) is 12.7. The van der Waals surface area contributed by atoms with Crippen LogP contribution in [-0.4, -0.2) is 32.5 Å². The number of phenolic OH excluding ortho intramolecular Hbond substituents is 1. The van der Waals surface area contributed by atoms with Crippen LogP contribution in [0.15, 0.2) is 53.4 Å². The molecule has 2 aromatic carbocycles. The van der Waals surface area contributed by atoms with Crippen molar-refractivity contribution in [2.45, 2.75) is 31.1 Å². The fourth-order valence-corrected chi connectivity index (χ4v) is 3.36. The van der Waals surface area contributed by atoms with Gasteiger partial charge in [-0.3, -0.25) is 4.79 Å². The van der Waals surface area contributed by atoms with Gasteiger partial charge in [0, 0.05) is 18.7 Å². The molecular formula is C19H24N2O4S. The predicted molar refractivity (Wildman–Crippen MR) is 101 cm³/mol. The maximum Gasteiger partial charge on any atom is 0.251 e. The van der Waals surface area contributed by atoms with Crippen molar-refractivity contribution < 1.29 is 18.3 Å². The average molecular weight is 376 g/mol. The maximum atomic E-state index is 12.3. The molecule has 7 heteroatoms. The van der Waals surface area contributed by atoms with Gasteiger partial charge >= 0.3 is 0 Å². The molecule has 0 heterocycles. The first-order chi connectivity index (χ1) is 12.1. The Labute approximate surface area is 154 Å². The van der Waals surface area contributed by atoms with Crippen LogP contribution in [0.5, 0.6) is 5.75 Å². The molecule has 2 rings (SSSR count). The normalized spacial score (nSPS) is 12.0. The second-order valence-corrected chi connectivity index (χ2v) is 8.75. The number of benzene rings is 2. The van der Waals surface area contributed by atoms with Gasteiger partial charge in [-0.05, 0) is 41.3 Å². The van der Waals surface area contributed by atoms with Crippen LogP contribution in [0.4, 0.5) is 0 Å². The highest BCUT2D eigenvalue weighted by Gasteiger charge is 2.17. The van der Waals surface area contributed by atoms with Gasteiger partial charge in [-0.25, -0.2) is 13.1 Å². The van der Waals surface area contributed by atoms with Crippen LogP contribution in [0.1, 0.15) is 36.7 Å². The molecule has 0 aliphatic heterocycles. The van der Waals surface area contributed by atoms with Crippen molar-refractivity contribution in [1.29, 1.82) is 0 Å². The van der Waals surface area contributed by atoms with Crippen LogP contribution < -0.4 is 10.0 Å². The molecule has 0 spiro atoms. The summed E-state index contributed by atoms with van der Waals surface area (Å²) in [7, 11) is -3.63. The van der Waals surface area contributed by atoms with Gasteiger partial charge in [0.2, 0.25) is 10.0 Å². The Hall–Kier alpha value is -2.38. The van der Waals surface area contributed by atoms with E-state index in [-0.39, 0.29) is 35.1 Å². The van der Waals surface area contributed by atoms with Crippen LogP contribution in [0.2, 0.25) is 0 Å². The van der Waals surface area contributed by atoms with Gasteiger partial charge in [-0.2, -0.15) is 0 Å². The fraction of sp³-hybridized carbons (Fsp3) is 0.316. The number of hydrogen-bond donors (Lipinski definition) is 3. The number of phenols is 1. The molecule has 0 fully saturated rings. The van der Waals surface area contributed by atoms with E-state index in [4.69, 9.17) is 0 Å². The summed E-state index contributed by atoms with van der Waals surface area (Å²) in [6.07, 6.45) is 0. The number of carbonyl (C=O) groups is 1. The van der Waals surface area contributed by atoms with Gasteiger partial charge < -0.3 is 10.4 Å². The zero-order chi connectivity index (χ0) is 19.4. The zero-order valence-corrected chi connectivity index (χ0v) is 15.9. The Balaban J connectivity index is 1.89. The molecule has 0 aliphatic rings. The van der Waals surface area contributed by atoms with Crippen molar-refractivity contribution in [1.82, 2.24) is 10.0 Å². The minimum absolute atomic E-state index is 0.00273. The van der Waals surface area contributed by atoms with Crippen LogP contribution in [0.25, 0.3) is 0 Å². The monoisotopic (exact) mass is 376 g/mol. The molecule has 2 aromatic rings. The van der Waals surface area contributed by atoms with E-state index in [9.17, 15) is 18.3 Å². The molecule has 26 heavy (non-hydrogen) atoms. The lowest BCUT2D eigenvalue weighted by Gasteiger charge is -2.19. The molecule has 0 saturated heterocycles. The predicted octanol–water partition coefficient (Wildman–Crippen LogP) is 2.40. The molecule has 1 amide bonds. The number of nitrogens with one attached hydrogen (secondary N) is 2. The lowest BCUT2D eigenvalue weighted by Crippen LogP contribution is -2.34. The Morgan fingerprint density at radius 2 is 1.69 bits per heavy atom. The first-order valence-corrected chi connectivity index (χ1v) is 9.75. The summed E-state index contributed by atoms with van der Waals surface area (Å²) >= 11 is 0. The van der Waals surface area contributed by atoms with E-state index in [2.05, 4.69) is 30.8 Å². The Morgan fingerprint density at radius 1 is 1.04 bits per heavy atom.